The normalized spacial score (nSPS) is 21.8. The number of thiazole rings is 1. The molecule has 1 aromatic carbocycles. The minimum Gasteiger partial charge on any atom is -0.339 e. The Kier molecular flexibility index (Phi) is 4.95. The molecule has 1 fully saturated rings. The van der Waals surface area contributed by atoms with Crippen LogP contribution in [-0.2, 0) is 11.3 Å². The van der Waals surface area contributed by atoms with Crippen LogP contribution in [0.2, 0.25) is 0 Å². The van der Waals surface area contributed by atoms with Crippen LogP contribution in [-0.4, -0.2) is 22.8 Å². The Morgan fingerprint density at radius 3 is 2.50 bits per heavy atom. The SMILES string of the molecule is CN(Cc1nc2ccccc2s1)C(=O)C1CCC(C(C)(C)C)CC1. The predicted molar refractivity (Wildman–Crippen MR) is 101 cm³/mol. The fraction of sp³-hybridized carbons (Fsp3) is 0.600. The second kappa shape index (κ2) is 6.83. The fourth-order valence-electron chi connectivity index (χ4n) is 3.79. The van der Waals surface area contributed by atoms with E-state index in [1.165, 1.54) is 17.5 Å². The Morgan fingerprint density at radius 1 is 1.21 bits per heavy atom. The fourth-order valence-corrected chi connectivity index (χ4v) is 4.81. The van der Waals surface area contributed by atoms with Gasteiger partial charge in [-0.3, -0.25) is 4.79 Å². The van der Waals surface area contributed by atoms with Crippen molar-refractivity contribution in [3.05, 3.63) is 29.3 Å². The zero-order valence-corrected chi connectivity index (χ0v) is 16.0. The predicted octanol–water partition coefficient (Wildman–Crippen LogP) is 5.11. The van der Waals surface area contributed by atoms with Gasteiger partial charge in [0.1, 0.15) is 5.01 Å². The van der Waals surface area contributed by atoms with Crippen LogP contribution < -0.4 is 0 Å². The van der Waals surface area contributed by atoms with Gasteiger partial charge in [-0.2, -0.15) is 0 Å². The molecule has 0 N–H and O–H groups in total. The Bertz CT molecular complexity index is 675. The number of rotatable bonds is 3. The second-order valence-corrected chi connectivity index (χ2v) is 9.30. The first kappa shape index (κ1) is 17.4. The highest BCUT2D eigenvalue weighted by atomic mass is 32.1. The van der Waals surface area contributed by atoms with Gasteiger partial charge in [0.25, 0.3) is 0 Å². The molecule has 0 bridgehead atoms. The average Bonchev–Trinajstić information content (AvgIpc) is 2.95. The van der Waals surface area contributed by atoms with Crippen LogP contribution >= 0.6 is 11.3 Å². The van der Waals surface area contributed by atoms with Crippen molar-refractivity contribution in [2.45, 2.75) is 53.0 Å². The summed E-state index contributed by atoms with van der Waals surface area (Å²) in [4.78, 5) is 19.3. The standard InChI is InChI=1S/C20H28N2OS/c1-20(2,3)15-11-9-14(10-12-15)19(23)22(4)13-18-21-16-7-5-6-8-17(16)24-18/h5-8,14-15H,9-13H2,1-4H3. The number of benzene rings is 1. The molecule has 0 unspecified atom stereocenters. The third-order valence-electron chi connectivity index (χ3n) is 5.39. The van der Waals surface area contributed by atoms with Crippen LogP contribution in [0.25, 0.3) is 10.2 Å². The molecule has 1 aliphatic rings. The quantitative estimate of drug-likeness (QED) is 0.775. The maximum atomic E-state index is 12.8. The second-order valence-electron chi connectivity index (χ2n) is 8.18. The van der Waals surface area contributed by atoms with E-state index in [0.29, 0.717) is 17.9 Å². The van der Waals surface area contributed by atoms with Crippen LogP contribution in [0, 0.1) is 17.3 Å². The molecular weight excluding hydrogens is 316 g/mol. The maximum absolute atomic E-state index is 12.8. The van der Waals surface area contributed by atoms with Crippen LogP contribution in [0.3, 0.4) is 0 Å². The molecule has 2 aromatic rings. The summed E-state index contributed by atoms with van der Waals surface area (Å²) in [5, 5.41) is 1.02. The summed E-state index contributed by atoms with van der Waals surface area (Å²) in [6.07, 6.45) is 4.42. The van der Waals surface area contributed by atoms with E-state index in [1.54, 1.807) is 11.3 Å². The highest BCUT2D eigenvalue weighted by Gasteiger charge is 2.33. The molecule has 0 spiro atoms. The number of carbonyl (C=O) groups excluding carboxylic acids is 1. The molecule has 0 aliphatic heterocycles. The van der Waals surface area contributed by atoms with E-state index >= 15 is 0 Å². The minimum absolute atomic E-state index is 0.197. The number of hydrogen-bond donors (Lipinski definition) is 0. The van der Waals surface area contributed by atoms with E-state index in [0.717, 1.165) is 29.3 Å². The van der Waals surface area contributed by atoms with Gasteiger partial charge in [0.2, 0.25) is 5.91 Å². The molecule has 130 valence electrons. The van der Waals surface area contributed by atoms with E-state index in [2.05, 4.69) is 31.8 Å². The molecule has 4 heteroatoms. The Labute approximate surface area is 149 Å². The van der Waals surface area contributed by atoms with Crippen molar-refractivity contribution >= 4 is 27.5 Å². The summed E-state index contributed by atoms with van der Waals surface area (Å²) < 4.78 is 1.19. The molecule has 1 aliphatic carbocycles. The van der Waals surface area contributed by atoms with E-state index in [9.17, 15) is 4.79 Å². The number of amides is 1. The van der Waals surface area contributed by atoms with Gasteiger partial charge in [0.05, 0.1) is 16.8 Å². The first-order valence-electron chi connectivity index (χ1n) is 8.94. The zero-order valence-electron chi connectivity index (χ0n) is 15.2. The van der Waals surface area contributed by atoms with Gasteiger partial charge in [0.15, 0.2) is 0 Å². The summed E-state index contributed by atoms with van der Waals surface area (Å²) in [7, 11) is 1.92. The molecule has 0 radical (unpaired) electrons. The van der Waals surface area contributed by atoms with Crippen molar-refractivity contribution in [1.29, 1.82) is 0 Å². The van der Waals surface area contributed by atoms with Crippen molar-refractivity contribution < 1.29 is 4.79 Å². The summed E-state index contributed by atoms with van der Waals surface area (Å²) in [6.45, 7) is 7.58. The molecule has 3 nitrogen and oxygen atoms in total. The lowest BCUT2D eigenvalue weighted by atomic mass is 9.69. The molecule has 0 saturated heterocycles. The van der Waals surface area contributed by atoms with Crippen molar-refractivity contribution in [2.75, 3.05) is 7.05 Å². The van der Waals surface area contributed by atoms with Crippen LogP contribution in [0.4, 0.5) is 0 Å². The van der Waals surface area contributed by atoms with Crippen LogP contribution in [0.15, 0.2) is 24.3 Å². The third kappa shape index (κ3) is 3.80. The van der Waals surface area contributed by atoms with E-state index in [1.807, 2.05) is 30.1 Å². The molecule has 24 heavy (non-hydrogen) atoms. The lowest BCUT2D eigenvalue weighted by Crippen LogP contribution is -2.36. The van der Waals surface area contributed by atoms with Gasteiger partial charge < -0.3 is 4.90 Å². The Balaban J connectivity index is 1.59. The van der Waals surface area contributed by atoms with Crippen LogP contribution in [0.5, 0.6) is 0 Å². The summed E-state index contributed by atoms with van der Waals surface area (Å²) >= 11 is 1.69. The molecule has 3 rings (SSSR count). The number of hydrogen-bond acceptors (Lipinski definition) is 3. The largest absolute Gasteiger partial charge is 0.339 e. The van der Waals surface area contributed by atoms with Gasteiger partial charge in [-0.25, -0.2) is 4.98 Å². The van der Waals surface area contributed by atoms with Gasteiger partial charge in [-0.05, 0) is 49.1 Å². The molecule has 1 saturated carbocycles. The van der Waals surface area contributed by atoms with Crippen molar-refractivity contribution in [2.24, 2.45) is 17.3 Å². The van der Waals surface area contributed by atoms with Gasteiger partial charge in [-0.1, -0.05) is 32.9 Å². The van der Waals surface area contributed by atoms with Crippen LogP contribution in [0.1, 0.15) is 51.5 Å². The van der Waals surface area contributed by atoms with Crippen molar-refractivity contribution in [1.82, 2.24) is 9.88 Å². The lowest BCUT2D eigenvalue weighted by Gasteiger charge is -2.37. The molecule has 0 atom stereocenters. The number of aromatic nitrogens is 1. The smallest absolute Gasteiger partial charge is 0.225 e. The molecule has 1 heterocycles. The van der Waals surface area contributed by atoms with Crippen molar-refractivity contribution in [3.63, 3.8) is 0 Å². The number of fused-ring (bicyclic) bond motifs is 1. The summed E-state index contributed by atoms with van der Waals surface area (Å²) in [5.41, 5.74) is 1.39. The Morgan fingerprint density at radius 2 is 1.88 bits per heavy atom. The molecular formula is C20H28N2OS. The number of carbonyl (C=O) groups is 1. The van der Waals surface area contributed by atoms with Gasteiger partial charge >= 0.3 is 0 Å². The average molecular weight is 345 g/mol. The topological polar surface area (TPSA) is 33.2 Å². The first-order valence-corrected chi connectivity index (χ1v) is 9.75. The van der Waals surface area contributed by atoms with Gasteiger partial charge in [0, 0.05) is 13.0 Å². The monoisotopic (exact) mass is 344 g/mol. The minimum atomic E-state index is 0.197. The lowest BCUT2D eigenvalue weighted by molar-refractivity contribution is -0.136. The molecule has 1 amide bonds. The van der Waals surface area contributed by atoms with E-state index in [4.69, 9.17) is 0 Å². The van der Waals surface area contributed by atoms with Gasteiger partial charge in [-0.15, -0.1) is 11.3 Å². The Hall–Kier alpha value is -1.42. The number of nitrogens with zero attached hydrogens (tertiary/aromatic N) is 2. The molecule has 1 aromatic heterocycles. The zero-order chi connectivity index (χ0) is 17.3. The third-order valence-corrected chi connectivity index (χ3v) is 6.41. The van der Waals surface area contributed by atoms with E-state index < -0.39 is 0 Å². The summed E-state index contributed by atoms with van der Waals surface area (Å²) in [6, 6.07) is 8.16. The van der Waals surface area contributed by atoms with Crippen molar-refractivity contribution in [3.8, 4) is 0 Å². The van der Waals surface area contributed by atoms with E-state index in [-0.39, 0.29) is 5.92 Å². The summed E-state index contributed by atoms with van der Waals surface area (Å²) in [5.74, 6) is 1.24. The highest BCUT2D eigenvalue weighted by Crippen LogP contribution is 2.40. The highest BCUT2D eigenvalue weighted by molar-refractivity contribution is 7.18. The maximum Gasteiger partial charge on any atom is 0.225 e. The first-order chi connectivity index (χ1) is 11.3. The number of para-hydroxylation sites is 1.